The second kappa shape index (κ2) is 5.96. The quantitative estimate of drug-likeness (QED) is 0.543. The predicted octanol–water partition coefficient (Wildman–Crippen LogP) is 3.84. The summed E-state index contributed by atoms with van der Waals surface area (Å²) < 4.78 is 16.2. The van der Waals surface area contributed by atoms with Gasteiger partial charge in [0.2, 0.25) is 16.9 Å². The molecule has 1 aromatic carbocycles. The van der Waals surface area contributed by atoms with Gasteiger partial charge in [-0.3, -0.25) is 4.79 Å². The Morgan fingerprint density at radius 3 is 2.78 bits per heavy atom. The zero-order chi connectivity index (χ0) is 16.4. The number of furan rings is 1. The van der Waals surface area contributed by atoms with Gasteiger partial charge in [0, 0.05) is 6.08 Å². The Morgan fingerprint density at radius 2 is 2.09 bits per heavy atom. The van der Waals surface area contributed by atoms with Gasteiger partial charge in [-0.1, -0.05) is 17.7 Å². The monoisotopic (exact) mass is 310 g/mol. The van der Waals surface area contributed by atoms with Crippen LogP contribution in [0.1, 0.15) is 12.5 Å². The van der Waals surface area contributed by atoms with Crippen molar-refractivity contribution in [2.45, 2.75) is 13.8 Å². The van der Waals surface area contributed by atoms with Gasteiger partial charge in [-0.15, -0.1) is 0 Å². The number of hydrogen-bond donors (Lipinski definition) is 0. The van der Waals surface area contributed by atoms with Crippen LogP contribution in [0.15, 0.2) is 62.4 Å². The molecule has 0 aliphatic carbocycles. The van der Waals surface area contributed by atoms with Crippen LogP contribution in [0.5, 0.6) is 5.75 Å². The van der Waals surface area contributed by atoms with Gasteiger partial charge in [0.05, 0.1) is 11.6 Å². The number of fused-ring (bicyclic) bond motifs is 1. The summed E-state index contributed by atoms with van der Waals surface area (Å²) >= 11 is 0. The van der Waals surface area contributed by atoms with E-state index in [2.05, 4.69) is 0 Å². The van der Waals surface area contributed by atoms with Gasteiger partial charge in [0.1, 0.15) is 5.58 Å². The van der Waals surface area contributed by atoms with E-state index in [-0.39, 0.29) is 11.5 Å². The lowest BCUT2D eigenvalue weighted by atomic mass is 10.1. The smallest absolute Gasteiger partial charge is 0.336 e. The van der Waals surface area contributed by atoms with Crippen molar-refractivity contribution in [2.24, 2.45) is 0 Å². The lowest BCUT2D eigenvalue weighted by Crippen LogP contribution is -2.14. The fourth-order valence-electron chi connectivity index (χ4n) is 2.23. The summed E-state index contributed by atoms with van der Waals surface area (Å²) in [6.07, 6.45) is 4.21. The van der Waals surface area contributed by atoms with Crippen molar-refractivity contribution in [3.05, 3.63) is 64.5 Å². The largest absolute Gasteiger partial charge is 0.461 e. The van der Waals surface area contributed by atoms with Gasteiger partial charge < -0.3 is 13.6 Å². The molecule has 5 nitrogen and oxygen atoms in total. The predicted molar refractivity (Wildman–Crippen MR) is 85.4 cm³/mol. The topological polar surface area (TPSA) is 69.7 Å². The maximum atomic E-state index is 12.7. The lowest BCUT2D eigenvalue weighted by Gasteiger charge is -2.08. The molecule has 0 spiro atoms. The van der Waals surface area contributed by atoms with E-state index < -0.39 is 11.4 Å². The number of hydrogen-bond acceptors (Lipinski definition) is 5. The first kappa shape index (κ1) is 14.8. The molecule has 0 aliphatic rings. The highest BCUT2D eigenvalue weighted by atomic mass is 16.5. The molecule has 0 N–H and O–H groups in total. The summed E-state index contributed by atoms with van der Waals surface area (Å²) in [4.78, 5) is 24.5. The van der Waals surface area contributed by atoms with Crippen LogP contribution in [0.25, 0.3) is 22.5 Å². The Bertz CT molecular complexity index is 945. The molecule has 2 aromatic heterocycles. The van der Waals surface area contributed by atoms with E-state index in [0.717, 1.165) is 5.56 Å². The van der Waals surface area contributed by atoms with E-state index in [4.69, 9.17) is 13.6 Å². The number of ether oxygens (including phenoxy) is 1. The Hall–Kier alpha value is -3.08. The molecule has 116 valence electrons. The molecule has 0 aliphatic heterocycles. The van der Waals surface area contributed by atoms with Crippen LogP contribution >= 0.6 is 0 Å². The standard InChI is InChI=1S/C18H14O5/c1-3-5-15(19)23-18-16(20)12-10-11(2)7-8-13(12)22-17(18)14-6-4-9-21-14/h3-10H,1-2H3/b5-3+. The summed E-state index contributed by atoms with van der Waals surface area (Å²) in [6.45, 7) is 3.55. The molecule has 0 radical (unpaired) electrons. The van der Waals surface area contributed by atoms with Crippen LogP contribution in [-0.2, 0) is 4.79 Å². The van der Waals surface area contributed by atoms with Gasteiger partial charge in [-0.2, -0.15) is 0 Å². The molecule has 3 aromatic rings. The number of benzene rings is 1. The van der Waals surface area contributed by atoms with E-state index in [1.807, 2.05) is 13.0 Å². The van der Waals surface area contributed by atoms with E-state index in [0.29, 0.717) is 16.7 Å². The first-order valence-corrected chi connectivity index (χ1v) is 7.06. The highest BCUT2D eigenvalue weighted by Gasteiger charge is 2.21. The van der Waals surface area contributed by atoms with Gasteiger partial charge in [0.15, 0.2) is 5.76 Å². The van der Waals surface area contributed by atoms with E-state index in [1.165, 1.54) is 18.4 Å². The van der Waals surface area contributed by atoms with E-state index in [1.54, 1.807) is 31.2 Å². The molecule has 5 heteroatoms. The molecule has 0 saturated heterocycles. The summed E-state index contributed by atoms with van der Waals surface area (Å²) in [6, 6.07) is 8.52. The summed E-state index contributed by atoms with van der Waals surface area (Å²) in [5.41, 5.74) is 0.887. The first-order chi connectivity index (χ1) is 11.1. The molecular weight excluding hydrogens is 296 g/mol. The van der Waals surface area contributed by atoms with Crippen LogP contribution in [0.4, 0.5) is 0 Å². The fraction of sp³-hybridized carbons (Fsp3) is 0.111. The Kier molecular flexibility index (Phi) is 3.85. The van der Waals surface area contributed by atoms with Crippen molar-refractivity contribution >= 4 is 16.9 Å². The third-order valence-electron chi connectivity index (χ3n) is 3.25. The molecule has 0 bridgehead atoms. The average molecular weight is 310 g/mol. The maximum Gasteiger partial charge on any atom is 0.336 e. The van der Waals surface area contributed by atoms with Crippen LogP contribution in [0, 0.1) is 6.92 Å². The highest BCUT2D eigenvalue weighted by Crippen LogP contribution is 2.31. The van der Waals surface area contributed by atoms with Gasteiger partial charge in [0.25, 0.3) is 0 Å². The van der Waals surface area contributed by atoms with Crippen molar-refractivity contribution in [3.63, 3.8) is 0 Å². The molecule has 0 fully saturated rings. The molecule has 0 saturated carbocycles. The number of rotatable bonds is 3. The molecule has 23 heavy (non-hydrogen) atoms. The summed E-state index contributed by atoms with van der Waals surface area (Å²) in [5, 5.41) is 0.351. The third-order valence-corrected chi connectivity index (χ3v) is 3.25. The molecule has 0 unspecified atom stereocenters. The summed E-state index contributed by atoms with van der Waals surface area (Å²) in [5.74, 6) is -0.428. The molecule has 2 heterocycles. The van der Waals surface area contributed by atoms with Crippen LogP contribution in [0.3, 0.4) is 0 Å². The average Bonchev–Trinajstić information content (AvgIpc) is 3.05. The van der Waals surface area contributed by atoms with E-state index in [9.17, 15) is 9.59 Å². The second-order valence-corrected chi connectivity index (χ2v) is 4.99. The number of aryl methyl sites for hydroxylation is 1. The van der Waals surface area contributed by atoms with Crippen molar-refractivity contribution in [2.75, 3.05) is 0 Å². The van der Waals surface area contributed by atoms with Crippen molar-refractivity contribution < 1.29 is 18.4 Å². The van der Waals surface area contributed by atoms with Crippen molar-refractivity contribution in [1.82, 2.24) is 0 Å². The minimum Gasteiger partial charge on any atom is -0.461 e. The number of allylic oxidation sites excluding steroid dienone is 1. The summed E-state index contributed by atoms with van der Waals surface area (Å²) in [7, 11) is 0. The fourth-order valence-corrected chi connectivity index (χ4v) is 2.23. The van der Waals surface area contributed by atoms with Crippen molar-refractivity contribution in [3.8, 4) is 17.3 Å². The second-order valence-electron chi connectivity index (χ2n) is 4.99. The normalized spacial score (nSPS) is 11.2. The number of carbonyl (C=O) groups excluding carboxylic acids is 1. The van der Waals surface area contributed by atoms with Crippen LogP contribution in [-0.4, -0.2) is 5.97 Å². The van der Waals surface area contributed by atoms with Crippen molar-refractivity contribution in [1.29, 1.82) is 0 Å². The Balaban J connectivity index is 2.28. The molecular formula is C18H14O5. The van der Waals surface area contributed by atoms with Gasteiger partial charge in [-0.05, 0) is 38.1 Å². The van der Waals surface area contributed by atoms with Crippen LogP contribution < -0.4 is 10.2 Å². The number of esters is 1. The first-order valence-electron chi connectivity index (χ1n) is 7.06. The Labute approximate surface area is 131 Å². The Morgan fingerprint density at radius 1 is 1.26 bits per heavy atom. The lowest BCUT2D eigenvalue weighted by molar-refractivity contribution is -0.129. The zero-order valence-electron chi connectivity index (χ0n) is 12.7. The minimum atomic E-state index is -0.653. The minimum absolute atomic E-state index is 0.0919. The molecule has 3 rings (SSSR count). The highest BCUT2D eigenvalue weighted by molar-refractivity contribution is 5.87. The molecule has 0 amide bonds. The van der Waals surface area contributed by atoms with E-state index >= 15 is 0 Å². The van der Waals surface area contributed by atoms with Crippen LogP contribution in [0.2, 0.25) is 0 Å². The zero-order valence-corrected chi connectivity index (χ0v) is 12.7. The number of carbonyl (C=O) groups is 1. The molecule has 0 atom stereocenters. The SMILES string of the molecule is C/C=C/C(=O)Oc1c(-c2ccco2)oc2ccc(C)cc2c1=O. The maximum absolute atomic E-state index is 12.7. The third kappa shape index (κ3) is 2.81. The van der Waals surface area contributed by atoms with Gasteiger partial charge >= 0.3 is 5.97 Å². The van der Waals surface area contributed by atoms with Gasteiger partial charge in [-0.25, -0.2) is 4.79 Å².